The van der Waals surface area contributed by atoms with Crippen LogP contribution in [0.2, 0.25) is 0 Å². The van der Waals surface area contributed by atoms with Crippen molar-refractivity contribution in [3.05, 3.63) is 41.0 Å². The monoisotopic (exact) mass is 375 g/mol. The number of nitrogens with two attached hydrogens (primary N) is 1. The van der Waals surface area contributed by atoms with Crippen molar-refractivity contribution in [2.45, 2.75) is 46.5 Å². The summed E-state index contributed by atoms with van der Waals surface area (Å²) in [5, 5.41) is 9.90. The average Bonchev–Trinajstić information content (AvgIpc) is 3.32. The number of nitriles is 1. The lowest BCUT2D eigenvalue weighted by Gasteiger charge is -2.40. The van der Waals surface area contributed by atoms with Crippen LogP contribution in [0.3, 0.4) is 0 Å². The molecule has 3 aromatic rings. The smallest absolute Gasteiger partial charge is 0.157 e. The molecule has 1 aromatic carbocycles. The van der Waals surface area contributed by atoms with Crippen molar-refractivity contribution in [1.29, 1.82) is 5.26 Å². The molecule has 5 heteroatoms. The van der Waals surface area contributed by atoms with Gasteiger partial charge in [-0.2, -0.15) is 5.26 Å². The topological polar surface area (TPSA) is 70.3 Å². The van der Waals surface area contributed by atoms with Crippen molar-refractivity contribution in [3.63, 3.8) is 0 Å². The molecule has 2 aromatic heterocycles. The summed E-state index contributed by atoms with van der Waals surface area (Å²) in [6.07, 6.45) is 5.36. The van der Waals surface area contributed by atoms with Crippen molar-refractivity contribution < 1.29 is 0 Å². The van der Waals surface area contributed by atoms with E-state index in [4.69, 9.17) is 10.7 Å². The summed E-state index contributed by atoms with van der Waals surface area (Å²) in [5.74, 6) is 1.27. The van der Waals surface area contributed by atoms with E-state index in [9.17, 15) is 5.26 Å². The van der Waals surface area contributed by atoms with Crippen LogP contribution in [0.1, 0.15) is 50.3 Å². The summed E-state index contributed by atoms with van der Waals surface area (Å²) in [4.78, 5) is 7.38. The highest BCUT2D eigenvalue weighted by Crippen LogP contribution is 2.40. The quantitative estimate of drug-likeness (QED) is 0.733. The maximum Gasteiger partial charge on any atom is 0.157 e. The number of rotatable bonds is 2. The molecule has 1 saturated heterocycles. The van der Waals surface area contributed by atoms with E-state index in [2.05, 4.69) is 34.4 Å². The normalized spacial score (nSPS) is 18.1. The molecule has 0 unspecified atom stereocenters. The summed E-state index contributed by atoms with van der Waals surface area (Å²) >= 11 is 0. The Labute approximate surface area is 166 Å². The summed E-state index contributed by atoms with van der Waals surface area (Å²) < 4.78 is 2.25. The molecule has 0 radical (unpaired) electrons. The van der Waals surface area contributed by atoms with Gasteiger partial charge in [-0.15, -0.1) is 0 Å². The molecular formula is C23H29N5. The van der Waals surface area contributed by atoms with E-state index in [0.717, 1.165) is 74.0 Å². The van der Waals surface area contributed by atoms with Crippen LogP contribution in [0.25, 0.3) is 16.7 Å². The van der Waals surface area contributed by atoms with E-state index >= 15 is 0 Å². The lowest BCUT2D eigenvalue weighted by Crippen LogP contribution is -2.43. The molecule has 0 bridgehead atoms. The van der Waals surface area contributed by atoms with E-state index in [1.54, 1.807) is 0 Å². The first-order valence-corrected chi connectivity index (χ1v) is 9.95. The first kappa shape index (κ1) is 18.8. The Kier molecular flexibility index (Phi) is 4.55. The van der Waals surface area contributed by atoms with Gasteiger partial charge < -0.3 is 10.6 Å². The maximum absolute atomic E-state index is 9.90. The highest BCUT2D eigenvalue weighted by atomic mass is 15.2. The highest BCUT2D eigenvalue weighted by Gasteiger charge is 2.33. The van der Waals surface area contributed by atoms with Gasteiger partial charge >= 0.3 is 0 Å². The van der Waals surface area contributed by atoms with Crippen LogP contribution < -0.4 is 10.6 Å². The van der Waals surface area contributed by atoms with Crippen LogP contribution in [-0.2, 0) is 12.8 Å². The number of nitrogens with zero attached hydrogens (tertiary/aromatic N) is 4. The van der Waals surface area contributed by atoms with Gasteiger partial charge in [0.1, 0.15) is 11.9 Å². The van der Waals surface area contributed by atoms with Crippen molar-refractivity contribution >= 4 is 22.5 Å². The van der Waals surface area contributed by atoms with Crippen molar-refractivity contribution in [3.8, 4) is 6.07 Å². The molecule has 1 fully saturated rings. The van der Waals surface area contributed by atoms with Gasteiger partial charge in [-0.25, -0.2) is 4.98 Å². The number of imidazole rings is 1. The van der Waals surface area contributed by atoms with E-state index in [-0.39, 0.29) is 12.8 Å². The van der Waals surface area contributed by atoms with Crippen LogP contribution in [-0.4, -0.2) is 29.0 Å². The third kappa shape index (κ3) is 2.59. The van der Waals surface area contributed by atoms with Gasteiger partial charge in [0.2, 0.25) is 0 Å². The molecule has 146 valence electrons. The molecule has 3 heterocycles. The molecule has 0 atom stereocenters. The average molecular weight is 376 g/mol. The summed E-state index contributed by atoms with van der Waals surface area (Å²) in [6, 6.07) is 10.7. The zero-order chi connectivity index (χ0) is 18.6. The fourth-order valence-corrected chi connectivity index (χ4v) is 4.86. The predicted octanol–water partition coefficient (Wildman–Crippen LogP) is 4.05. The van der Waals surface area contributed by atoms with E-state index < -0.39 is 0 Å². The largest absolute Gasteiger partial charge is 0.357 e. The van der Waals surface area contributed by atoms with Gasteiger partial charge in [0.15, 0.2) is 5.65 Å². The SMILES string of the molecule is C.CC1(CN)CCN(c2c3c(c(C#N)c4nc5ccccc5n24)CCC3)CC1. The Morgan fingerprint density at radius 1 is 1.18 bits per heavy atom. The highest BCUT2D eigenvalue weighted by molar-refractivity contribution is 5.86. The number of para-hydroxylation sites is 2. The molecule has 28 heavy (non-hydrogen) atoms. The first-order chi connectivity index (χ1) is 13.1. The summed E-state index contributed by atoms with van der Waals surface area (Å²) in [5.41, 5.74) is 12.5. The third-order valence-corrected chi connectivity index (χ3v) is 6.66. The molecule has 2 aliphatic rings. The van der Waals surface area contributed by atoms with Crippen LogP contribution in [0.15, 0.2) is 24.3 Å². The zero-order valence-corrected chi connectivity index (χ0v) is 15.8. The minimum Gasteiger partial charge on any atom is -0.357 e. The molecule has 1 aliphatic carbocycles. The number of benzene rings is 1. The number of aromatic nitrogens is 2. The Morgan fingerprint density at radius 3 is 2.61 bits per heavy atom. The van der Waals surface area contributed by atoms with Crippen LogP contribution >= 0.6 is 0 Å². The molecule has 0 saturated carbocycles. The number of anilines is 1. The van der Waals surface area contributed by atoms with E-state index in [1.165, 1.54) is 16.9 Å². The van der Waals surface area contributed by atoms with Crippen molar-refractivity contribution in [2.75, 3.05) is 24.5 Å². The summed E-state index contributed by atoms with van der Waals surface area (Å²) in [6.45, 7) is 5.06. The molecule has 5 nitrogen and oxygen atoms in total. The fourth-order valence-electron chi connectivity index (χ4n) is 4.86. The van der Waals surface area contributed by atoms with Crippen molar-refractivity contribution in [2.24, 2.45) is 11.1 Å². The molecule has 2 N–H and O–H groups in total. The number of hydrogen-bond donors (Lipinski definition) is 1. The predicted molar refractivity (Wildman–Crippen MR) is 115 cm³/mol. The number of fused-ring (bicyclic) bond motifs is 4. The van der Waals surface area contributed by atoms with Crippen LogP contribution in [0, 0.1) is 16.7 Å². The van der Waals surface area contributed by atoms with Crippen molar-refractivity contribution in [1.82, 2.24) is 9.38 Å². The second-order valence-corrected chi connectivity index (χ2v) is 8.38. The first-order valence-electron chi connectivity index (χ1n) is 9.95. The Hall–Kier alpha value is -2.58. The van der Waals surface area contributed by atoms with Gasteiger partial charge in [-0.1, -0.05) is 26.5 Å². The van der Waals surface area contributed by atoms with Gasteiger partial charge in [-0.05, 0) is 67.3 Å². The minimum absolute atomic E-state index is 0. The summed E-state index contributed by atoms with van der Waals surface area (Å²) in [7, 11) is 0. The molecule has 1 aliphatic heterocycles. The molecule has 5 rings (SSSR count). The Bertz CT molecular complexity index is 1080. The minimum atomic E-state index is 0. The fraction of sp³-hybridized carbons (Fsp3) is 0.478. The number of piperidine rings is 1. The number of pyridine rings is 1. The number of hydrogen-bond acceptors (Lipinski definition) is 4. The van der Waals surface area contributed by atoms with Crippen LogP contribution in [0.4, 0.5) is 5.82 Å². The van der Waals surface area contributed by atoms with E-state index in [0.29, 0.717) is 0 Å². The third-order valence-electron chi connectivity index (χ3n) is 6.66. The maximum atomic E-state index is 9.90. The van der Waals surface area contributed by atoms with Crippen LogP contribution in [0.5, 0.6) is 0 Å². The lowest BCUT2D eigenvalue weighted by atomic mass is 9.80. The molecular weight excluding hydrogens is 346 g/mol. The molecule has 0 spiro atoms. The van der Waals surface area contributed by atoms with Gasteiger partial charge in [0, 0.05) is 13.1 Å². The van der Waals surface area contributed by atoms with Gasteiger partial charge in [-0.3, -0.25) is 4.40 Å². The van der Waals surface area contributed by atoms with Gasteiger partial charge in [0.25, 0.3) is 0 Å². The van der Waals surface area contributed by atoms with Gasteiger partial charge in [0.05, 0.1) is 16.6 Å². The second-order valence-electron chi connectivity index (χ2n) is 8.38. The molecule has 0 amide bonds. The Balaban J connectivity index is 0.00000192. The standard InChI is InChI=1S/C22H25N5.CH4/c1-22(14-24)9-11-26(12-10-22)21-16-6-4-5-15(16)17(13-23)20-25-18-7-2-3-8-19(18)27(20)21;/h2-3,7-8H,4-6,9-12,14,24H2,1H3;1H4. The second kappa shape index (κ2) is 6.79. The Morgan fingerprint density at radius 2 is 1.89 bits per heavy atom. The van der Waals surface area contributed by atoms with E-state index in [1.807, 2.05) is 12.1 Å². The lowest BCUT2D eigenvalue weighted by molar-refractivity contribution is 0.257. The zero-order valence-electron chi connectivity index (χ0n) is 15.8.